The summed E-state index contributed by atoms with van der Waals surface area (Å²) in [5.41, 5.74) is 10.3. The highest BCUT2D eigenvalue weighted by atomic mass is 32.1. The number of carbonyl (C=O) groups is 1. The SMILES string of the molecule is Cc1cc(C)cc(NC(=S)NNC(=O)c2cc(-c3ccco3)nc3ccccc23)c1. The lowest BCUT2D eigenvalue weighted by molar-refractivity contribution is 0.0946. The van der Waals surface area contributed by atoms with E-state index in [2.05, 4.69) is 27.2 Å². The lowest BCUT2D eigenvalue weighted by atomic mass is 10.1. The summed E-state index contributed by atoms with van der Waals surface area (Å²) in [6, 6.07) is 18.8. The number of para-hydroxylation sites is 1. The van der Waals surface area contributed by atoms with Crippen molar-refractivity contribution in [2.45, 2.75) is 13.8 Å². The van der Waals surface area contributed by atoms with E-state index in [9.17, 15) is 4.79 Å². The van der Waals surface area contributed by atoms with E-state index in [4.69, 9.17) is 16.6 Å². The summed E-state index contributed by atoms with van der Waals surface area (Å²) in [7, 11) is 0. The molecule has 0 aliphatic heterocycles. The molecule has 3 N–H and O–H groups in total. The van der Waals surface area contributed by atoms with Crippen LogP contribution in [0.2, 0.25) is 0 Å². The van der Waals surface area contributed by atoms with E-state index in [1.54, 1.807) is 24.5 Å². The van der Waals surface area contributed by atoms with Gasteiger partial charge in [-0.1, -0.05) is 24.3 Å². The molecule has 0 spiro atoms. The molecule has 7 heteroatoms. The molecule has 30 heavy (non-hydrogen) atoms. The molecule has 0 bridgehead atoms. The maximum absolute atomic E-state index is 12.9. The molecule has 4 rings (SSSR count). The van der Waals surface area contributed by atoms with Crippen molar-refractivity contribution in [2.75, 3.05) is 5.32 Å². The number of aryl methyl sites for hydroxylation is 2. The molecule has 6 nitrogen and oxygen atoms in total. The molecule has 0 saturated heterocycles. The molecule has 4 aromatic rings. The maximum Gasteiger partial charge on any atom is 0.270 e. The van der Waals surface area contributed by atoms with Crippen molar-refractivity contribution in [3.05, 3.63) is 83.6 Å². The summed E-state index contributed by atoms with van der Waals surface area (Å²) in [4.78, 5) is 17.5. The number of nitrogens with one attached hydrogen (secondary N) is 3. The monoisotopic (exact) mass is 416 g/mol. The number of rotatable bonds is 3. The average Bonchev–Trinajstić information content (AvgIpc) is 3.25. The van der Waals surface area contributed by atoms with Crippen molar-refractivity contribution < 1.29 is 9.21 Å². The second-order valence-electron chi connectivity index (χ2n) is 6.96. The van der Waals surface area contributed by atoms with Crippen molar-refractivity contribution in [3.8, 4) is 11.5 Å². The van der Waals surface area contributed by atoms with Crippen molar-refractivity contribution in [1.82, 2.24) is 15.8 Å². The predicted octanol–water partition coefficient (Wildman–Crippen LogP) is 4.74. The zero-order chi connectivity index (χ0) is 21.1. The van der Waals surface area contributed by atoms with Crippen LogP contribution in [-0.4, -0.2) is 16.0 Å². The van der Waals surface area contributed by atoms with E-state index in [-0.39, 0.29) is 11.0 Å². The number of aromatic nitrogens is 1. The third-order valence-electron chi connectivity index (χ3n) is 4.50. The van der Waals surface area contributed by atoms with Gasteiger partial charge in [0.2, 0.25) is 0 Å². The minimum atomic E-state index is -0.328. The first-order valence-electron chi connectivity index (χ1n) is 9.39. The molecule has 0 aliphatic rings. The largest absolute Gasteiger partial charge is 0.463 e. The number of amides is 1. The van der Waals surface area contributed by atoms with Crippen LogP contribution in [0.25, 0.3) is 22.4 Å². The number of thiocarbonyl (C=S) groups is 1. The Labute approximate surface area is 179 Å². The van der Waals surface area contributed by atoms with Crippen LogP contribution in [-0.2, 0) is 0 Å². The highest BCUT2D eigenvalue weighted by Crippen LogP contribution is 2.25. The quantitative estimate of drug-likeness (QED) is 0.331. The van der Waals surface area contributed by atoms with E-state index in [0.29, 0.717) is 22.5 Å². The van der Waals surface area contributed by atoms with Crippen LogP contribution >= 0.6 is 12.2 Å². The number of nitrogens with zero attached hydrogens (tertiary/aromatic N) is 1. The standard InChI is InChI=1S/C23H20N4O2S/c1-14-10-15(2)12-16(11-14)24-23(30)27-26-22(28)18-13-20(21-8-5-9-29-21)25-19-7-4-3-6-17(18)19/h3-13H,1-2H3,(H,26,28)(H2,24,27,30). The number of pyridine rings is 1. The van der Waals surface area contributed by atoms with Gasteiger partial charge in [0.25, 0.3) is 5.91 Å². The van der Waals surface area contributed by atoms with E-state index in [0.717, 1.165) is 22.2 Å². The maximum atomic E-state index is 12.9. The molecule has 1 amide bonds. The number of hydrogen-bond donors (Lipinski definition) is 3. The number of benzene rings is 2. The molecule has 0 atom stereocenters. The number of hydrogen-bond acceptors (Lipinski definition) is 4. The average molecular weight is 417 g/mol. The van der Waals surface area contributed by atoms with Crippen LogP contribution in [0.5, 0.6) is 0 Å². The third-order valence-corrected chi connectivity index (χ3v) is 4.71. The summed E-state index contributed by atoms with van der Waals surface area (Å²) in [5.74, 6) is 0.265. The van der Waals surface area contributed by atoms with Crippen LogP contribution in [0.3, 0.4) is 0 Å². The Balaban J connectivity index is 1.53. The highest BCUT2D eigenvalue weighted by Gasteiger charge is 2.15. The van der Waals surface area contributed by atoms with Gasteiger partial charge in [-0.3, -0.25) is 15.6 Å². The fraction of sp³-hybridized carbons (Fsp3) is 0.0870. The molecule has 2 heterocycles. The molecule has 0 unspecified atom stereocenters. The van der Waals surface area contributed by atoms with Gasteiger partial charge in [0, 0.05) is 11.1 Å². The number of anilines is 1. The van der Waals surface area contributed by atoms with Crippen LogP contribution < -0.4 is 16.2 Å². The molecule has 2 aromatic heterocycles. The van der Waals surface area contributed by atoms with Gasteiger partial charge in [0.05, 0.1) is 17.3 Å². The summed E-state index contributed by atoms with van der Waals surface area (Å²) in [6.45, 7) is 4.03. The lowest BCUT2D eigenvalue weighted by Crippen LogP contribution is -2.43. The molecular formula is C23H20N4O2S. The Kier molecular flexibility index (Phi) is 5.45. The normalized spacial score (nSPS) is 10.6. The summed E-state index contributed by atoms with van der Waals surface area (Å²) in [5, 5.41) is 4.11. The van der Waals surface area contributed by atoms with Crippen LogP contribution in [0.4, 0.5) is 5.69 Å². The van der Waals surface area contributed by atoms with Gasteiger partial charge >= 0.3 is 0 Å². The van der Waals surface area contributed by atoms with Crippen molar-refractivity contribution >= 4 is 39.8 Å². The van der Waals surface area contributed by atoms with Gasteiger partial charge in [-0.15, -0.1) is 0 Å². The first kappa shape index (κ1) is 19.6. The van der Waals surface area contributed by atoms with Gasteiger partial charge < -0.3 is 9.73 Å². The minimum absolute atomic E-state index is 0.290. The van der Waals surface area contributed by atoms with Crippen molar-refractivity contribution in [3.63, 3.8) is 0 Å². The Morgan fingerprint density at radius 2 is 1.73 bits per heavy atom. The van der Waals surface area contributed by atoms with Gasteiger partial charge in [-0.2, -0.15) is 0 Å². The highest BCUT2D eigenvalue weighted by molar-refractivity contribution is 7.80. The smallest absolute Gasteiger partial charge is 0.270 e. The van der Waals surface area contributed by atoms with Gasteiger partial charge in [0.1, 0.15) is 5.69 Å². The molecular weight excluding hydrogens is 396 g/mol. The summed E-state index contributed by atoms with van der Waals surface area (Å²) < 4.78 is 5.45. The number of furan rings is 1. The Bertz CT molecular complexity index is 1220. The topological polar surface area (TPSA) is 79.2 Å². The molecule has 0 fully saturated rings. The van der Waals surface area contributed by atoms with E-state index in [1.165, 1.54) is 0 Å². The second-order valence-corrected chi connectivity index (χ2v) is 7.37. The van der Waals surface area contributed by atoms with E-state index < -0.39 is 0 Å². The Hall–Kier alpha value is -3.71. The van der Waals surface area contributed by atoms with Crippen LogP contribution in [0, 0.1) is 13.8 Å². The van der Waals surface area contributed by atoms with Gasteiger partial charge in [0.15, 0.2) is 10.9 Å². The number of hydrazine groups is 1. The fourth-order valence-corrected chi connectivity index (χ4v) is 3.47. The zero-order valence-corrected chi connectivity index (χ0v) is 17.3. The summed E-state index contributed by atoms with van der Waals surface area (Å²) in [6.07, 6.45) is 1.57. The van der Waals surface area contributed by atoms with Crippen LogP contribution in [0.15, 0.2) is 71.3 Å². The molecule has 2 aromatic carbocycles. The Morgan fingerprint density at radius 3 is 2.47 bits per heavy atom. The molecule has 150 valence electrons. The van der Waals surface area contributed by atoms with Crippen molar-refractivity contribution in [1.29, 1.82) is 0 Å². The zero-order valence-electron chi connectivity index (χ0n) is 16.5. The first-order chi connectivity index (χ1) is 14.5. The Morgan fingerprint density at radius 1 is 0.967 bits per heavy atom. The van der Waals surface area contributed by atoms with E-state index in [1.807, 2.05) is 50.2 Å². The van der Waals surface area contributed by atoms with Gasteiger partial charge in [-0.05, 0) is 73.6 Å². The third kappa shape index (κ3) is 4.31. The van der Waals surface area contributed by atoms with Crippen LogP contribution in [0.1, 0.15) is 21.5 Å². The minimum Gasteiger partial charge on any atom is -0.463 e. The van der Waals surface area contributed by atoms with E-state index >= 15 is 0 Å². The fourth-order valence-electron chi connectivity index (χ4n) is 3.30. The van der Waals surface area contributed by atoms with Gasteiger partial charge in [-0.25, -0.2) is 4.98 Å². The number of carbonyl (C=O) groups excluding carboxylic acids is 1. The lowest BCUT2D eigenvalue weighted by Gasteiger charge is -2.14. The second kappa shape index (κ2) is 8.34. The first-order valence-corrected chi connectivity index (χ1v) is 9.80. The molecule has 0 aliphatic carbocycles. The van der Waals surface area contributed by atoms with Crippen molar-refractivity contribution in [2.24, 2.45) is 0 Å². The predicted molar refractivity (Wildman–Crippen MR) is 122 cm³/mol. The molecule has 0 saturated carbocycles. The number of fused-ring (bicyclic) bond motifs is 1. The molecule has 0 radical (unpaired) electrons. The summed E-state index contributed by atoms with van der Waals surface area (Å²) >= 11 is 5.31.